The van der Waals surface area contributed by atoms with E-state index in [0.29, 0.717) is 38.8 Å². The number of nitrogens with one attached hydrogen (secondary N) is 1. The minimum Gasteiger partial charge on any atom is -0.379 e. The van der Waals surface area contributed by atoms with Gasteiger partial charge in [-0.1, -0.05) is 24.3 Å². The van der Waals surface area contributed by atoms with Crippen molar-refractivity contribution in [1.29, 1.82) is 0 Å². The lowest BCUT2D eigenvalue weighted by Gasteiger charge is -2.26. The lowest BCUT2D eigenvalue weighted by molar-refractivity contribution is 0.0730. The first-order valence-electron chi connectivity index (χ1n) is 8.71. The van der Waals surface area contributed by atoms with Crippen LogP contribution in [0.3, 0.4) is 0 Å². The Labute approximate surface area is 144 Å². The largest absolute Gasteiger partial charge is 0.379 e. The van der Waals surface area contributed by atoms with Crippen molar-refractivity contribution in [2.24, 2.45) is 0 Å². The molecule has 3 rings (SSSR count). The summed E-state index contributed by atoms with van der Waals surface area (Å²) in [5.74, 6) is 0.158. The van der Waals surface area contributed by atoms with Crippen LogP contribution in [0.25, 0.3) is 0 Å². The minimum absolute atomic E-state index is 0.158. The SMILES string of the molecule is O=S(=O)(CCc1ccc(NC2C=CCCC2)cc1)N1CCOCC1. The van der Waals surface area contributed by atoms with Gasteiger partial charge in [0.15, 0.2) is 0 Å². The second kappa shape index (κ2) is 8.14. The maximum atomic E-state index is 12.3. The zero-order chi connectivity index (χ0) is 16.8. The van der Waals surface area contributed by atoms with E-state index in [2.05, 4.69) is 17.5 Å². The second-order valence-corrected chi connectivity index (χ2v) is 8.47. The second-order valence-electron chi connectivity index (χ2n) is 6.38. The number of aryl methyl sites for hydroxylation is 1. The van der Waals surface area contributed by atoms with Gasteiger partial charge in [-0.15, -0.1) is 0 Å². The molecule has 6 heteroatoms. The van der Waals surface area contributed by atoms with E-state index in [-0.39, 0.29) is 5.75 Å². The summed E-state index contributed by atoms with van der Waals surface area (Å²) in [4.78, 5) is 0. The van der Waals surface area contributed by atoms with E-state index in [1.54, 1.807) is 4.31 Å². The fourth-order valence-corrected chi connectivity index (χ4v) is 4.57. The van der Waals surface area contributed by atoms with Crippen molar-refractivity contribution in [3.8, 4) is 0 Å². The number of allylic oxidation sites excluding steroid dienone is 1. The lowest BCUT2D eigenvalue weighted by Crippen LogP contribution is -2.42. The Morgan fingerprint density at radius 2 is 1.92 bits per heavy atom. The van der Waals surface area contributed by atoms with Crippen LogP contribution in [0.1, 0.15) is 24.8 Å². The maximum Gasteiger partial charge on any atom is 0.214 e. The van der Waals surface area contributed by atoms with Gasteiger partial charge in [0.25, 0.3) is 0 Å². The van der Waals surface area contributed by atoms with Gasteiger partial charge in [0.1, 0.15) is 0 Å². The van der Waals surface area contributed by atoms with Gasteiger partial charge in [-0.05, 0) is 43.4 Å². The van der Waals surface area contributed by atoms with Crippen LogP contribution in [0, 0.1) is 0 Å². The molecule has 5 nitrogen and oxygen atoms in total. The van der Waals surface area contributed by atoms with Gasteiger partial charge in [0.2, 0.25) is 10.0 Å². The molecule has 1 unspecified atom stereocenters. The summed E-state index contributed by atoms with van der Waals surface area (Å²) in [6, 6.07) is 8.53. The summed E-state index contributed by atoms with van der Waals surface area (Å²) in [5.41, 5.74) is 2.14. The number of ether oxygens (including phenoxy) is 1. The first kappa shape index (κ1) is 17.5. The average Bonchev–Trinajstić information content (AvgIpc) is 2.63. The fourth-order valence-electron chi connectivity index (χ4n) is 3.12. The minimum atomic E-state index is -3.19. The molecule has 132 valence electrons. The average molecular weight is 350 g/mol. The zero-order valence-electron chi connectivity index (χ0n) is 14.0. The topological polar surface area (TPSA) is 58.6 Å². The van der Waals surface area contributed by atoms with E-state index in [1.165, 1.54) is 12.8 Å². The van der Waals surface area contributed by atoms with Crippen LogP contribution in [-0.2, 0) is 21.2 Å². The monoisotopic (exact) mass is 350 g/mol. The van der Waals surface area contributed by atoms with Crippen LogP contribution in [0.2, 0.25) is 0 Å². The van der Waals surface area contributed by atoms with Gasteiger partial charge in [0, 0.05) is 24.8 Å². The predicted molar refractivity (Wildman–Crippen MR) is 96.7 cm³/mol. The summed E-state index contributed by atoms with van der Waals surface area (Å²) in [5, 5.41) is 3.50. The van der Waals surface area contributed by atoms with Crippen molar-refractivity contribution in [1.82, 2.24) is 4.31 Å². The van der Waals surface area contributed by atoms with Crippen molar-refractivity contribution in [2.45, 2.75) is 31.7 Å². The number of morpholine rings is 1. The van der Waals surface area contributed by atoms with Gasteiger partial charge in [0.05, 0.1) is 19.0 Å². The molecule has 1 heterocycles. The van der Waals surface area contributed by atoms with Crippen molar-refractivity contribution in [3.05, 3.63) is 42.0 Å². The molecule has 0 amide bonds. The number of hydrogen-bond donors (Lipinski definition) is 1. The summed E-state index contributed by atoms with van der Waals surface area (Å²) in [6.45, 7) is 1.94. The van der Waals surface area contributed by atoms with E-state index in [9.17, 15) is 8.42 Å². The molecular weight excluding hydrogens is 324 g/mol. The molecule has 1 fully saturated rings. The van der Waals surface area contributed by atoms with Crippen molar-refractivity contribution in [3.63, 3.8) is 0 Å². The molecule has 1 N–H and O–H groups in total. The molecule has 1 aromatic carbocycles. The summed E-state index contributed by atoms with van der Waals surface area (Å²) in [7, 11) is -3.19. The molecule has 1 atom stereocenters. The summed E-state index contributed by atoms with van der Waals surface area (Å²) in [6.07, 6.45) is 8.57. The standard InChI is InChI=1S/C18H26N2O3S/c21-24(22,20-11-13-23-14-12-20)15-10-16-6-8-18(9-7-16)19-17-4-2-1-3-5-17/h2,4,6-9,17,19H,1,3,5,10-15H2. The third-order valence-electron chi connectivity index (χ3n) is 4.57. The molecular formula is C18H26N2O3S. The van der Waals surface area contributed by atoms with E-state index in [1.807, 2.05) is 24.3 Å². The molecule has 1 aliphatic carbocycles. The smallest absolute Gasteiger partial charge is 0.214 e. The van der Waals surface area contributed by atoms with Crippen LogP contribution in [-0.4, -0.2) is 50.8 Å². The highest BCUT2D eigenvalue weighted by Crippen LogP contribution is 2.18. The van der Waals surface area contributed by atoms with Crippen molar-refractivity contribution >= 4 is 15.7 Å². The summed E-state index contributed by atoms with van der Waals surface area (Å²) < 4.78 is 31.4. The van der Waals surface area contributed by atoms with E-state index in [0.717, 1.165) is 17.7 Å². The van der Waals surface area contributed by atoms with Gasteiger partial charge in [-0.25, -0.2) is 8.42 Å². The molecule has 0 radical (unpaired) electrons. The highest BCUT2D eigenvalue weighted by molar-refractivity contribution is 7.89. The van der Waals surface area contributed by atoms with Crippen LogP contribution in [0.15, 0.2) is 36.4 Å². The third-order valence-corrected chi connectivity index (χ3v) is 6.44. The normalized spacial score (nSPS) is 22.4. The molecule has 2 aliphatic rings. The van der Waals surface area contributed by atoms with Crippen LogP contribution in [0.4, 0.5) is 5.69 Å². The number of rotatable bonds is 6. The quantitative estimate of drug-likeness (QED) is 0.801. The van der Waals surface area contributed by atoms with Gasteiger partial charge in [-0.2, -0.15) is 4.31 Å². The molecule has 1 aliphatic heterocycles. The number of hydrogen-bond acceptors (Lipinski definition) is 4. The lowest BCUT2D eigenvalue weighted by atomic mass is 10.0. The van der Waals surface area contributed by atoms with E-state index < -0.39 is 10.0 Å². The van der Waals surface area contributed by atoms with E-state index in [4.69, 9.17) is 4.74 Å². The summed E-state index contributed by atoms with van der Waals surface area (Å²) >= 11 is 0. The maximum absolute atomic E-state index is 12.3. The zero-order valence-corrected chi connectivity index (χ0v) is 14.8. The molecule has 0 aromatic heterocycles. The first-order valence-corrected chi connectivity index (χ1v) is 10.3. The Morgan fingerprint density at radius 1 is 1.17 bits per heavy atom. The number of benzene rings is 1. The third kappa shape index (κ3) is 4.82. The van der Waals surface area contributed by atoms with Crippen LogP contribution >= 0.6 is 0 Å². The molecule has 0 spiro atoms. The van der Waals surface area contributed by atoms with Crippen molar-refractivity contribution in [2.75, 3.05) is 37.4 Å². The Hall–Kier alpha value is -1.37. The van der Waals surface area contributed by atoms with Gasteiger partial charge >= 0.3 is 0 Å². The number of anilines is 1. The number of sulfonamides is 1. The van der Waals surface area contributed by atoms with E-state index >= 15 is 0 Å². The van der Waals surface area contributed by atoms with Gasteiger partial charge in [-0.3, -0.25) is 0 Å². The predicted octanol–water partition coefficient (Wildman–Crippen LogP) is 2.41. The molecule has 24 heavy (non-hydrogen) atoms. The van der Waals surface area contributed by atoms with Crippen LogP contribution < -0.4 is 5.32 Å². The molecule has 0 saturated carbocycles. The Kier molecular flexibility index (Phi) is 5.92. The Bertz CT molecular complexity index is 649. The Morgan fingerprint density at radius 3 is 2.58 bits per heavy atom. The van der Waals surface area contributed by atoms with Gasteiger partial charge < -0.3 is 10.1 Å². The molecule has 1 aromatic rings. The number of nitrogens with zero attached hydrogens (tertiary/aromatic N) is 1. The highest BCUT2D eigenvalue weighted by Gasteiger charge is 2.23. The highest BCUT2D eigenvalue weighted by atomic mass is 32.2. The molecule has 0 bridgehead atoms. The Balaban J connectivity index is 1.52. The first-order chi connectivity index (χ1) is 11.6. The van der Waals surface area contributed by atoms with Crippen molar-refractivity contribution < 1.29 is 13.2 Å². The fraction of sp³-hybridized carbons (Fsp3) is 0.556. The van der Waals surface area contributed by atoms with Crippen LogP contribution in [0.5, 0.6) is 0 Å². The molecule has 1 saturated heterocycles.